The van der Waals surface area contributed by atoms with Gasteiger partial charge in [0.1, 0.15) is 17.4 Å². The first-order valence-corrected chi connectivity index (χ1v) is 7.09. The quantitative estimate of drug-likeness (QED) is 0.789. The molecule has 5 heteroatoms. The highest BCUT2D eigenvalue weighted by Crippen LogP contribution is 2.28. The molecule has 3 nitrogen and oxygen atoms in total. The normalized spacial score (nSPS) is 11.2. The number of phenols is 1. The van der Waals surface area contributed by atoms with E-state index in [-0.39, 0.29) is 10.8 Å². The zero-order valence-corrected chi connectivity index (χ0v) is 12.2. The number of halogens is 2. The number of aryl methyl sites for hydroxylation is 1. The van der Waals surface area contributed by atoms with E-state index in [0.29, 0.717) is 12.0 Å². The predicted octanol–water partition coefficient (Wildman–Crippen LogP) is 4.15. The fraction of sp³-hybridized carbons (Fsp3) is 0.188. The van der Waals surface area contributed by atoms with Crippen LogP contribution in [0.3, 0.4) is 0 Å². The summed E-state index contributed by atoms with van der Waals surface area (Å²) in [5, 5.41) is 9.88. The van der Waals surface area contributed by atoms with Crippen molar-refractivity contribution in [1.29, 1.82) is 0 Å². The van der Waals surface area contributed by atoms with Crippen LogP contribution in [0.4, 0.5) is 4.39 Å². The summed E-state index contributed by atoms with van der Waals surface area (Å²) in [5.41, 5.74) is 2.51. The molecule has 0 aliphatic heterocycles. The molecule has 0 aliphatic carbocycles. The van der Waals surface area contributed by atoms with Crippen LogP contribution in [0.2, 0.25) is 5.02 Å². The fourth-order valence-electron chi connectivity index (χ4n) is 2.50. The molecule has 0 bridgehead atoms. The summed E-state index contributed by atoms with van der Waals surface area (Å²) < 4.78 is 15.4. The number of phenolic OH excluding ortho intramolecular Hbond substituents is 1. The first kappa shape index (κ1) is 13.9. The summed E-state index contributed by atoms with van der Waals surface area (Å²) in [6, 6.07) is 10.3. The van der Waals surface area contributed by atoms with E-state index in [9.17, 15) is 9.50 Å². The molecule has 0 fully saturated rings. The summed E-state index contributed by atoms with van der Waals surface area (Å²) in [4.78, 5) is 4.59. The number of imidazole rings is 1. The van der Waals surface area contributed by atoms with Gasteiger partial charge in [0.2, 0.25) is 0 Å². The highest BCUT2D eigenvalue weighted by molar-refractivity contribution is 6.30. The first-order valence-electron chi connectivity index (χ1n) is 6.71. The second-order valence-electron chi connectivity index (χ2n) is 4.83. The molecule has 2 aromatic carbocycles. The van der Waals surface area contributed by atoms with Gasteiger partial charge in [-0.25, -0.2) is 9.37 Å². The van der Waals surface area contributed by atoms with E-state index in [2.05, 4.69) is 9.55 Å². The molecule has 0 unspecified atom stereocenters. The van der Waals surface area contributed by atoms with Crippen molar-refractivity contribution in [3.8, 4) is 5.75 Å². The van der Waals surface area contributed by atoms with Crippen molar-refractivity contribution in [3.63, 3.8) is 0 Å². The zero-order chi connectivity index (χ0) is 15.0. The van der Waals surface area contributed by atoms with Gasteiger partial charge in [0.15, 0.2) is 0 Å². The minimum absolute atomic E-state index is 0.00181. The number of para-hydroxylation sites is 2. The number of benzene rings is 2. The lowest BCUT2D eigenvalue weighted by atomic mass is 10.1. The van der Waals surface area contributed by atoms with Crippen LogP contribution in [0.1, 0.15) is 18.3 Å². The van der Waals surface area contributed by atoms with E-state index in [4.69, 9.17) is 11.6 Å². The number of aromatic nitrogens is 2. The molecular weight excluding hydrogens is 291 g/mol. The lowest BCUT2D eigenvalue weighted by Crippen LogP contribution is -2.03. The van der Waals surface area contributed by atoms with Gasteiger partial charge in [0, 0.05) is 24.6 Å². The molecule has 0 aliphatic rings. The fourth-order valence-corrected chi connectivity index (χ4v) is 2.69. The van der Waals surface area contributed by atoms with E-state index in [1.165, 1.54) is 6.07 Å². The van der Waals surface area contributed by atoms with Crippen LogP contribution in [-0.4, -0.2) is 14.7 Å². The summed E-state index contributed by atoms with van der Waals surface area (Å²) in [6.07, 6.45) is 0.397. The van der Waals surface area contributed by atoms with Gasteiger partial charge >= 0.3 is 0 Å². The van der Waals surface area contributed by atoms with Crippen LogP contribution in [0.15, 0.2) is 36.4 Å². The third kappa shape index (κ3) is 2.47. The molecule has 1 N–H and O–H groups in total. The van der Waals surface area contributed by atoms with Gasteiger partial charge < -0.3 is 9.67 Å². The Hall–Kier alpha value is -2.07. The highest BCUT2D eigenvalue weighted by atomic mass is 35.5. The first-order chi connectivity index (χ1) is 10.1. The maximum atomic E-state index is 13.3. The number of nitrogens with zero attached hydrogens (tertiary/aromatic N) is 2. The van der Waals surface area contributed by atoms with Crippen LogP contribution >= 0.6 is 11.6 Å². The van der Waals surface area contributed by atoms with E-state index in [0.717, 1.165) is 29.5 Å². The van der Waals surface area contributed by atoms with Crippen molar-refractivity contribution in [2.45, 2.75) is 19.9 Å². The molecule has 21 heavy (non-hydrogen) atoms. The Balaban J connectivity index is 2.08. The smallest absolute Gasteiger partial charge is 0.145 e. The third-order valence-electron chi connectivity index (χ3n) is 3.52. The molecule has 0 amide bonds. The number of rotatable bonds is 3. The maximum Gasteiger partial charge on any atom is 0.145 e. The molecular formula is C16H14ClFN2O. The lowest BCUT2D eigenvalue weighted by molar-refractivity contribution is 0.462. The molecule has 0 atom stereocenters. The van der Waals surface area contributed by atoms with Crippen molar-refractivity contribution < 1.29 is 9.50 Å². The monoisotopic (exact) mass is 304 g/mol. The molecule has 0 radical (unpaired) electrons. The van der Waals surface area contributed by atoms with Crippen LogP contribution in [-0.2, 0) is 13.0 Å². The second kappa shape index (κ2) is 5.37. The average molecular weight is 305 g/mol. The Morgan fingerprint density at radius 2 is 2.05 bits per heavy atom. The van der Waals surface area contributed by atoms with Crippen LogP contribution in [0.5, 0.6) is 5.75 Å². The minimum Gasteiger partial charge on any atom is -0.508 e. The van der Waals surface area contributed by atoms with E-state index < -0.39 is 5.82 Å². The average Bonchev–Trinajstić information content (AvgIpc) is 2.81. The Labute approximate surface area is 126 Å². The van der Waals surface area contributed by atoms with Crippen LogP contribution < -0.4 is 0 Å². The van der Waals surface area contributed by atoms with Crippen molar-refractivity contribution in [3.05, 3.63) is 58.6 Å². The number of aromatic hydroxyl groups is 1. The van der Waals surface area contributed by atoms with E-state index >= 15 is 0 Å². The SMILES string of the molecule is CCn1c(Cc2cc(Cl)c(F)cc2O)nc2ccccc21. The summed E-state index contributed by atoms with van der Waals surface area (Å²) in [7, 11) is 0. The van der Waals surface area contributed by atoms with Gasteiger partial charge in [-0.15, -0.1) is 0 Å². The Kier molecular flexibility index (Phi) is 3.55. The van der Waals surface area contributed by atoms with Gasteiger partial charge in [0.25, 0.3) is 0 Å². The van der Waals surface area contributed by atoms with Gasteiger partial charge in [-0.2, -0.15) is 0 Å². The predicted molar refractivity (Wildman–Crippen MR) is 81.3 cm³/mol. The Bertz CT molecular complexity index is 813. The van der Waals surface area contributed by atoms with Gasteiger partial charge in [0.05, 0.1) is 16.1 Å². The largest absolute Gasteiger partial charge is 0.508 e. The van der Waals surface area contributed by atoms with Crippen molar-refractivity contribution in [1.82, 2.24) is 9.55 Å². The number of fused-ring (bicyclic) bond motifs is 1. The van der Waals surface area contributed by atoms with Crippen molar-refractivity contribution >= 4 is 22.6 Å². The molecule has 0 saturated heterocycles. The topological polar surface area (TPSA) is 38.0 Å². The van der Waals surface area contributed by atoms with Crippen LogP contribution in [0.25, 0.3) is 11.0 Å². The highest BCUT2D eigenvalue weighted by Gasteiger charge is 2.13. The van der Waals surface area contributed by atoms with Crippen LogP contribution in [0, 0.1) is 5.82 Å². The Morgan fingerprint density at radius 3 is 2.81 bits per heavy atom. The standard InChI is InChI=1S/C16H14ClFN2O/c1-2-20-14-6-4-3-5-13(14)19-16(20)8-10-7-11(17)12(18)9-15(10)21/h3-7,9,21H,2,8H2,1H3. The molecule has 1 heterocycles. The Morgan fingerprint density at radius 1 is 1.29 bits per heavy atom. The molecule has 1 aromatic heterocycles. The molecule has 108 valence electrons. The summed E-state index contributed by atoms with van der Waals surface area (Å²) in [5.74, 6) is 0.0881. The summed E-state index contributed by atoms with van der Waals surface area (Å²) in [6.45, 7) is 2.81. The summed E-state index contributed by atoms with van der Waals surface area (Å²) >= 11 is 5.79. The molecule has 0 spiro atoms. The molecule has 3 rings (SSSR count). The van der Waals surface area contributed by atoms with Gasteiger partial charge in [-0.05, 0) is 25.1 Å². The maximum absolute atomic E-state index is 13.3. The number of hydrogen-bond acceptors (Lipinski definition) is 2. The van der Waals surface area contributed by atoms with Crippen molar-refractivity contribution in [2.24, 2.45) is 0 Å². The lowest BCUT2D eigenvalue weighted by Gasteiger charge is -2.08. The second-order valence-corrected chi connectivity index (χ2v) is 5.24. The zero-order valence-electron chi connectivity index (χ0n) is 11.5. The van der Waals surface area contributed by atoms with E-state index in [1.807, 2.05) is 31.2 Å². The van der Waals surface area contributed by atoms with Gasteiger partial charge in [-0.3, -0.25) is 0 Å². The third-order valence-corrected chi connectivity index (χ3v) is 3.81. The van der Waals surface area contributed by atoms with Crippen molar-refractivity contribution in [2.75, 3.05) is 0 Å². The molecule has 3 aromatic rings. The molecule has 0 saturated carbocycles. The van der Waals surface area contributed by atoms with Gasteiger partial charge in [-0.1, -0.05) is 23.7 Å². The number of hydrogen-bond donors (Lipinski definition) is 1. The van der Waals surface area contributed by atoms with E-state index in [1.54, 1.807) is 0 Å². The minimum atomic E-state index is -0.623.